The summed E-state index contributed by atoms with van der Waals surface area (Å²) in [5, 5.41) is 11.1. The molecule has 20 heavy (non-hydrogen) atoms. The molecule has 106 valence electrons. The highest BCUT2D eigenvalue weighted by Gasteiger charge is 2.09. The van der Waals surface area contributed by atoms with Gasteiger partial charge in [0.2, 0.25) is 5.91 Å². The lowest BCUT2D eigenvalue weighted by Gasteiger charge is -2.06. The van der Waals surface area contributed by atoms with Gasteiger partial charge in [-0.2, -0.15) is 0 Å². The van der Waals surface area contributed by atoms with Gasteiger partial charge in [0.25, 0.3) is 0 Å². The second-order valence-electron chi connectivity index (χ2n) is 3.61. The van der Waals surface area contributed by atoms with Gasteiger partial charge in [-0.3, -0.25) is 4.79 Å². The van der Waals surface area contributed by atoms with Crippen LogP contribution >= 0.6 is 46.5 Å². The molecule has 0 saturated carbocycles. The Labute approximate surface area is 133 Å². The molecule has 0 radical (unpaired) electrons. The van der Waals surface area contributed by atoms with Crippen LogP contribution < -0.4 is 11.1 Å². The fourth-order valence-electron chi connectivity index (χ4n) is 1.28. The van der Waals surface area contributed by atoms with Gasteiger partial charge >= 0.3 is 0 Å². The molecule has 9 heteroatoms. The minimum absolute atomic E-state index is 0.150. The molecule has 0 atom stereocenters. The van der Waals surface area contributed by atoms with E-state index < -0.39 is 0 Å². The summed E-state index contributed by atoms with van der Waals surface area (Å²) in [5.41, 5.74) is 6.70. The lowest BCUT2D eigenvalue weighted by molar-refractivity contribution is -0.113. The number of halogens is 1. The van der Waals surface area contributed by atoms with Crippen LogP contribution in [0.3, 0.4) is 0 Å². The van der Waals surface area contributed by atoms with E-state index >= 15 is 0 Å². The zero-order chi connectivity index (χ0) is 14.5. The van der Waals surface area contributed by atoms with E-state index in [2.05, 4.69) is 15.5 Å². The first-order valence-corrected chi connectivity index (χ1v) is 8.84. The molecule has 1 amide bonds. The zero-order valence-corrected chi connectivity index (χ0v) is 13.6. The van der Waals surface area contributed by atoms with Gasteiger partial charge in [-0.05, 0) is 24.5 Å². The average molecular weight is 347 g/mol. The van der Waals surface area contributed by atoms with Crippen molar-refractivity contribution < 1.29 is 4.79 Å². The molecule has 2 rings (SSSR count). The maximum absolute atomic E-state index is 11.8. The van der Waals surface area contributed by atoms with Gasteiger partial charge in [-0.1, -0.05) is 46.5 Å². The van der Waals surface area contributed by atoms with Crippen molar-refractivity contribution in [3.8, 4) is 0 Å². The Morgan fingerprint density at radius 1 is 1.45 bits per heavy atom. The van der Waals surface area contributed by atoms with Crippen molar-refractivity contribution in [1.29, 1.82) is 0 Å². The van der Waals surface area contributed by atoms with Crippen molar-refractivity contribution in [3.63, 3.8) is 0 Å². The molecule has 0 aliphatic rings. The largest absolute Gasteiger partial charge is 0.399 e. The van der Waals surface area contributed by atoms with Crippen molar-refractivity contribution in [3.05, 3.63) is 23.2 Å². The molecule has 0 bridgehead atoms. The second-order valence-corrected chi connectivity index (χ2v) is 7.27. The van der Waals surface area contributed by atoms with Crippen molar-refractivity contribution in [2.24, 2.45) is 0 Å². The quantitative estimate of drug-likeness (QED) is 0.639. The monoisotopic (exact) mass is 346 g/mol. The van der Waals surface area contributed by atoms with Gasteiger partial charge in [-0.15, -0.1) is 10.2 Å². The summed E-state index contributed by atoms with van der Waals surface area (Å²) >= 11 is 10.3. The van der Waals surface area contributed by atoms with E-state index in [0.717, 1.165) is 8.68 Å². The number of nitrogens with two attached hydrogens (primary N) is 1. The summed E-state index contributed by atoms with van der Waals surface area (Å²) in [5.74, 6) is 0.103. The van der Waals surface area contributed by atoms with E-state index in [0.29, 0.717) is 16.4 Å². The van der Waals surface area contributed by atoms with E-state index in [-0.39, 0.29) is 11.7 Å². The molecule has 0 spiro atoms. The number of hydrogen-bond acceptors (Lipinski definition) is 7. The number of nitrogens with one attached hydrogen (secondary N) is 1. The molecule has 0 fully saturated rings. The first-order chi connectivity index (χ1) is 9.58. The highest BCUT2D eigenvalue weighted by Crippen LogP contribution is 2.28. The number of carbonyl (C=O) groups excluding carboxylic acids is 1. The van der Waals surface area contributed by atoms with E-state index in [9.17, 15) is 4.79 Å². The smallest absolute Gasteiger partial charge is 0.234 e. The Morgan fingerprint density at radius 3 is 2.85 bits per heavy atom. The summed E-state index contributed by atoms with van der Waals surface area (Å²) in [6, 6.07) is 4.96. The molecule has 1 aromatic carbocycles. The predicted molar refractivity (Wildman–Crippen MR) is 86.9 cm³/mol. The minimum atomic E-state index is -0.150. The summed E-state index contributed by atoms with van der Waals surface area (Å²) in [7, 11) is 0. The lowest BCUT2D eigenvalue weighted by Crippen LogP contribution is -2.14. The van der Waals surface area contributed by atoms with Crippen LogP contribution in [0.25, 0.3) is 0 Å². The number of amides is 1. The predicted octanol–water partition coefficient (Wildman–Crippen LogP) is 3.23. The first-order valence-electron chi connectivity index (χ1n) is 5.43. The van der Waals surface area contributed by atoms with Crippen LogP contribution in [0.1, 0.15) is 0 Å². The zero-order valence-electron chi connectivity index (χ0n) is 10.4. The van der Waals surface area contributed by atoms with Crippen molar-refractivity contribution in [2.75, 3.05) is 23.1 Å². The second kappa shape index (κ2) is 7.16. The molecule has 1 aromatic heterocycles. The molecule has 0 saturated heterocycles. The summed E-state index contributed by atoms with van der Waals surface area (Å²) < 4.78 is 1.65. The molecule has 1 heterocycles. The average Bonchev–Trinajstić information content (AvgIpc) is 2.88. The fourth-order valence-corrected chi connectivity index (χ4v) is 3.76. The van der Waals surface area contributed by atoms with Gasteiger partial charge in [0, 0.05) is 5.69 Å². The van der Waals surface area contributed by atoms with Crippen LogP contribution in [0.2, 0.25) is 5.02 Å². The Balaban J connectivity index is 1.89. The number of nitrogen functional groups attached to an aromatic ring is 1. The van der Waals surface area contributed by atoms with Crippen LogP contribution in [0, 0.1) is 0 Å². The maximum Gasteiger partial charge on any atom is 0.234 e. The van der Waals surface area contributed by atoms with E-state index in [1.54, 1.807) is 18.2 Å². The molecule has 5 nitrogen and oxygen atoms in total. The van der Waals surface area contributed by atoms with Crippen LogP contribution in [-0.2, 0) is 4.79 Å². The molecule has 3 N–H and O–H groups in total. The molecule has 0 aliphatic carbocycles. The van der Waals surface area contributed by atoms with Gasteiger partial charge in [0.05, 0.1) is 16.5 Å². The normalized spacial score (nSPS) is 10.5. The third-order valence-corrected chi connectivity index (χ3v) is 5.50. The molecule has 2 aromatic rings. The van der Waals surface area contributed by atoms with Gasteiger partial charge in [0.15, 0.2) is 8.68 Å². The Kier molecular flexibility index (Phi) is 5.53. The molecule has 0 unspecified atom stereocenters. The molecule has 0 aliphatic heterocycles. The van der Waals surface area contributed by atoms with Crippen LogP contribution in [0.4, 0.5) is 11.4 Å². The Bertz CT molecular complexity index is 619. The number of carbonyl (C=O) groups is 1. The highest BCUT2D eigenvalue weighted by molar-refractivity contribution is 8.03. The Hall–Kier alpha value is -0.960. The van der Waals surface area contributed by atoms with Crippen LogP contribution in [0.15, 0.2) is 26.9 Å². The number of aromatic nitrogens is 2. The standard InChI is InChI=1S/C11H11ClN4OS3/c1-18-10-15-16-11(20-10)19-5-9(17)14-8-3-2-6(13)4-7(8)12/h2-4H,5,13H2,1H3,(H,14,17). The van der Waals surface area contributed by atoms with Gasteiger partial charge in [-0.25, -0.2) is 0 Å². The number of benzene rings is 1. The number of anilines is 2. The molecular weight excluding hydrogens is 336 g/mol. The van der Waals surface area contributed by atoms with Crippen LogP contribution in [0.5, 0.6) is 0 Å². The van der Waals surface area contributed by atoms with Crippen molar-refractivity contribution in [2.45, 2.75) is 8.68 Å². The lowest BCUT2D eigenvalue weighted by atomic mass is 10.3. The van der Waals surface area contributed by atoms with E-state index in [4.69, 9.17) is 17.3 Å². The minimum Gasteiger partial charge on any atom is -0.399 e. The summed E-state index contributed by atoms with van der Waals surface area (Å²) in [6.45, 7) is 0. The first kappa shape index (κ1) is 15.4. The third-order valence-electron chi connectivity index (χ3n) is 2.16. The number of rotatable bonds is 5. The van der Waals surface area contributed by atoms with Crippen LogP contribution in [-0.4, -0.2) is 28.1 Å². The number of hydrogen-bond donors (Lipinski definition) is 2. The summed E-state index contributed by atoms with van der Waals surface area (Å²) in [6.07, 6.45) is 1.94. The van der Waals surface area contributed by atoms with E-state index in [1.165, 1.54) is 34.9 Å². The fraction of sp³-hybridized carbons (Fsp3) is 0.182. The highest BCUT2D eigenvalue weighted by atomic mass is 35.5. The topological polar surface area (TPSA) is 80.9 Å². The Morgan fingerprint density at radius 2 is 2.20 bits per heavy atom. The SMILES string of the molecule is CSc1nnc(SCC(=O)Nc2ccc(N)cc2Cl)s1. The van der Waals surface area contributed by atoms with Gasteiger partial charge < -0.3 is 11.1 Å². The maximum atomic E-state index is 11.8. The van der Waals surface area contributed by atoms with Gasteiger partial charge in [0.1, 0.15) is 0 Å². The van der Waals surface area contributed by atoms with E-state index in [1.807, 2.05) is 6.26 Å². The number of nitrogens with zero attached hydrogens (tertiary/aromatic N) is 2. The number of thioether (sulfide) groups is 2. The van der Waals surface area contributed by atoms with Crippen molar-refractivity contribution in [1.82, 2.24) is 10.2 Å². The molecular formula is C11H11ClN4OS3. The van der Waals surface area contributed by atoms with Crippen molar-refractivity contribution >= 4 is 63.7 Å². The summed E-state index contributed by atoms with van der Waals surface area (Å²) in [4.78, 5) is 11.8. The third kappa shape index (κ3) is 4.27.